The third kappa shape index (κ3) is 3.89. The highest BCUT2D eigenvalue weighted by Crippen LogP contribution is 2.29. The summed E-state index contributed by atoms with van der Waals surface area (Å²) in [6, 6.07) is 11.2. The van der Waals surface area contributed by atoms with Crippen LogP contribution in [0.25, 0.3) is 11.3 Å². The van der Waals surface area contributed by atoms with Gasteiger partial charge in [-0.1, -0.05) is 23.7 Å². The van der Waals surface area contributed by atoms with Crippen molar-refractivity contribution in [1.29, 1.82) is 0 Å². The van der Waals surface area contributed by atoms with Gasteiger partial charge in [-0.3, -0.25) is 4.79 Å². The number of nitrogens with zero attached hydrogens (tertiary/aromatic N) is 1. The zero-order valence-corrected chi connectivity index (χ0v) is 14.5. The first-order valence-corrected chi connectivity index (χ1v) is 7.87. The van der Waals surface area contributed by atoms with Crippen molar-refractivity contribution in [2.24, 2.45) is 0 Å². The van der Waals surface area contributed by atoms with Gasteiger partial charge in [-0.2, -0.15) is 0 Å². The Hall–Kier alpha value is -1.49. The van der Waals surface area contributed by atoms with E-state index >= 15 is 0 Å². The quantitative estimate of drug-likeness (QED) is 0.910. The maximum atomic E-state index is 12.6. The Bertz CT molecular complexity index is 666. The minimum absolute atomic E-state index is 0. The van der Waals surface area contributed by atoms with Gasteiger partial charge in [0.1, 0.15) is 5.76 Å². The summed E-state index contributed by atoms with van der Waals surface area (Å²) in [6.45, 7) is 1.90. The van der Waals surface area contributed by atoms with Crippen LogP contribution in [0, 0.1) is 0 Å². The lowest BCUT2D eigenvalue weighted by Gasteiger charge is -2.31. The molecule has 1 saturated heterocycles. The Morgan fingerprint density at radius 2 is 1.91 bits per heavy atom. The third-order valence-electron chi connectivity index (χ3n) is 4.13. The highest BCUT2D eigenvalue weighted by Gasteiger charge is 2.25. The molecule has 4 nitrogen and oxygen atoms in total. The molecule has 1 amide bonds. The van der Waals surface area contributed by atoms with Gasteiger partial charge >= 0.3 is 0 Å². The van der Waals surface area contributed by atoms with Crippen LogP contribution in [-0.4, -0.2) is 37.0 Å². The van der Waals surface area contributed by atoms with Crippen LogP contribution in [0.1, 0.15) is 23.4 Å². The molecule has 6 heteroatoms. The number of halogens is 2. The zero-order valence-electron chi connectivity index (χ0n) is 12.9. The van der Waals surface area contributed by atoms with E-state index in [1.807, 2.05) is 31.3 Å². The zero-order chi connectivity index (χ0) is 15.5. The number of furan rings is 1. The standard InChI is InChI=1S/C17H19ClN2O2.ClH/c1-20(12-8-10-19-11-9-12)17(21)16-7-6-15(22-16)13-4-2-3-5-14(13)18;/h2-7,12,19H,8-11H2,1H3;1H. The average molecular weight is 355 g/mol. The Kier molecular flexibility index (Phi) is 6.10. The normalized spacial score (nSPS) is 15.0. The van der Waals surface area contributed by atoms with E-state index in [9.17, 15) is 4.79 Å². The van der Waals surface area contributed by atoms with E-state index in [2.05, 4.69) is 5.32 Å². The molecule has 2 aromatic rings. The second kappa shape index (κ2) is 7.86. The van der Waals surface area contributed by atoms with Crippen LogP contribution in [0.2, 0.25) is 5.02 Å². The molecule has 0 radical (unpaired) electrons. The van der Waals surface area contributed by atoms with Gasteiger partial charge in [-0.15, -0.1) is 12.4 Å². The number of piperidine rings is 1. The molecule has 124 valence electrons. The number of nitrogens with one attached hydrogen (secondary N) is 1. The SMILES string of the molecule is CN(C(=O)c1ccc(-c2ccccc2Cl)o1)C1CCNCC1.Cl. The van der Waals surface area contributed by atoms with Gasteiger partial charge in [0.25, 0.3) is 5.91 Å². The van der Waals surface area contributed by atoms with E-state index in [0.29, 0.717) is 16.5 Å². The number of carbonyl (C=O) groups is 1. The van der Waals surface area contributed by atoms with Crippen molar-refractivity contribution in [3.8, 4) is 11.3 Å². The monoisotopic (exact) mass is 354 g/mol. The average Bonchev–Trinajstić information content (AvgIpc) is 3.04. The number of rotatable bonds is 3. The van der Waals surface area contributed by atoms with Crippen LogP contribution in [0.3, 0.4) is 0 Å². The molecule has 0 aliphatic carbocycles. The predicted molar refractivity (Wildman–Crippen MR) is 94.4 cm³/mol. The van der Waals surface area contributed by atoms with Crippen LogP contribution in [-0.2, 0) is 0 Å². The molecule has 0 saturated carbocycles. The van der Waals surface area contributed by atoms with Gasteiger partial charge < -0.3 is 14.6 Å². The molecule has 0 bridgehead atoms. The fourth-order valence-corrected chi connectivity index (χ4v) is 3.02. The van der Waals surface area contributed by atoms with Gasteiger partial charge in [0.15, 0.2) is 5.76 Å². The first-order valence-electron chi connectivity index (χ1n) is 7.49. The highest BCUT2D eigenvalue weighted by molar-refractivity contribution is 6.33. The summed E-state index contributed by atoms with van der Waals surface area (Å²) in [6.07, 6.45) is 1.95. The molecule has 3 rings (SSSR count). The first kappa shape index (κ1) is 17.9. The van der Waals surface area contributed by atoms with Crippen LogP contribution in [0.15, 0.2) is 40.8 Å². The van der Waals surface area contributed by atoms with Crippen molar-refractivity contribution in [3.05, 3.63) is 47.2 Å². The molecular formula is C17H20Cl2N2O2. The number of hydrogen-bond donors (Lipinski definition) is 1. The van der Waals surface area contributed by atoms with E-state index in [1.165, 1.54) is 0 Å². The van der Waals surface area contributed by atoms with Crippen LogP contribution < -0.4 is 5.32 Å². The minimum atomic E-state index is -0.0785. The lowest BCUT2D eigenvalue weighted by molar-refractivity contribution is 0.0672. The van der Waals surface area contributed by atoms with Crippen LogP contribution in [0.4, 0.5) is 0 Å². The fraction of sp³-hybridized carbons (Fsp3) is 0.353. The lowest BCUT2D eigenvalue weighted by atomic mass is 10.1. The Morgan fingerprint density at radius 3 is 2.61 bits per heavy atom. The van der Waals surface area contributed by atoms with Crippen molar-refractivity contribution in [3.63, 3.8) is 0 Å². The lowest BCUT2D eigenvalue weighted by Crippen LogP contribution is -2.43. The van der Waals surface area contributed by atoms with Crippen LogP contribution in [0.5, 0.6) is 0 Å². The Morgan fingerprint density at radius 1 is 1.22 bits per heavy atom. The van der Waals surface area contributed by atoms with Crippen molar-refractivity contribution in [2.75, 3.05) is 20.1 Å². The summed E-state index contributed by atoms with van der Waals surface area (Å²) in [5.41, 5.74) is 0.799. The summed E-state index contributed by atoms with van der Waals surface area (Å²) < 4.78 is 5.73. The maximum absolute atomic E-state index is 12.6. The molecule has 0 atom stereocenters. The molecule has 1 aromatic heterocycles. The van der Waals surface area contributed by atoms with Crippen molar-refractivity contribution < 1.29 is 9.21 Å². The molecule has 1 aliphatic rings. The van der Waals surface area contributed by atoms with Crippen molar-refractivity contribution in [1.82, 2.24) is 10.2 Å². The molecule has 1 aliphatic heterocycles. The molecule has 23 heavy (non-hydrogen) atoms. The molecule has 1 N–H and O–H groups in total. The summed E-state index contributed by atoms with van der Waals surface area (Å²) >= 11 is 6.17. The van der Waals surface area contributed by atoms with Gasteiger partial charge in [-0.05, 0) is 50.2 Å². The van der Waals surface area contributed by atoms with Gasteiger partial charge in [-0.25, -0.2) is 0 Å². The number of benzene rings is 1. The first-order chi connectivity index (χ1) is 10.7. The molecule has 0 spiro atoms. The third-order valence-corrected chi connectivity index (χ3v) is 4.46. The second-order valence-electron chi connectivity index (χ2n) is 5.54. The molecule has 2 heterocycles. The van der Waals surface area contributed by atoms with Gasteiger partial charge in [0.2, 0.25) is 0 Å². The van der Waals surface area contributed by atoms with Crippen molar-refractivity contribution in [2.45, 2.75) is 18.9 Å². The summed E-state index contributed by atoms with van der Waals surface area (Å²) in [4.78, 5) is 14.3. The summed E-state index contributed by atoms with van der Waals surface area (Å²) in [5, 5.41) is 3.92. The van der Waals surface area contributed by atoms with Gasteiger partial charge in [0, 0.05) is 18.7 Å². The Balaban J connectivity index is 0.00000192. The topological polar surface area (TPSA) is 45.5 Å². The molecule has 1 aromatic carbocycles. The Labute approximate surface area is 147 Å². The van der Waals surface area contributed by atoms with E-state index in [-0.39, 0.29) is 24.4 Å². The van der Waals surface area contributed by atoms with E-state index in [1.54, 1.807) is 17.0 Å². The van der Waals surface area contributed by atoms with Gasteiger partial charge in [0.05, 0.1) is 5.02 Å². The summed E-state index contributed by atoms with van der Waals surface area (Å²) in [7, 11) is 1.84. The number of hydrogen-bond acceptors (Lipinski definition) is 3. The summed E-state index contributed by atoms with van der Waals surface area (Å²) in [5.74, 6) is 0.897. The van der Waals surface area contributed by atoms with Crippen LogP contribution >= 0.6 is 24.0 Å². The largest absolute Gasteiger partial charge is 0.451 e. The highest BCUT2D eigenvalue weighted by atomic mass is 35.5. The van der Waals surface area contributed by atoms with E-state index in [0.717, 1.165) is 31.5 Å². The second-order valence-corrected chi connectivity index (χ2v) is 5.95. The molecule has 0 unspecified atom stereocenters. The minimum Gasteiger partial charge on any atom is -0.451 e. The fourth-order valence-electron chi connectivity index (χ4n) is 2.79. The maximum Gasteiger partial charge on any atom is 0.289 e. The number of carbonyl (C=O) groups excluding carboxylic acids is 1. The molecule has 1 fully saturated rings. The smallest absolute Gasteiger partial charge is 0.289 e. The van der Waals surface area contributed by atoms with E-state index in [4.69, 9.17) is 16.0 Å². The number of amides is 1. The van der Waals surface area contributed by atoms with E-state index < -0.39 is 0 Å². The molecular weight excluding hydrogens is 335 g/mol. The predicted octanol–water partition coefficient (Wildman–Crippen LogP) is 3.85. The van der Waals surface area contributed by atoms with Crippen molar-refractivity contribution >= 4 is 29.9 Å².